The SMILES string of the molecule is O=C(NCCn1nc(-c2ccco2)n(C2CC2)c1=O)c1cc(-c2ccco2)[nH]n1. The van der Waals surface area contributed by atoms with Crippen LogP contribution in [0.3, 0.4) is 0 Å². The maximum Gasteiger partial charge on any atom is 0.346 e. The quantitative estimate of drug-likeness (QED) is 0.494. The maximum atomic E-state index is 12.7. The number of amides is 1. The molecule has 4 aromatic rings. The molecule has 29 heavy (non-hydrogen) atoms. The Kier molecular flexibility index (Phi) is 4.15. The van der Waals surface area contributed by atoms with Gasteiger partial charge in [-0.15, -0.1) is 5.10 Å². The molecule has 148 valence electrons. The molecular formula is C19H18N6O4. The van der Waals surface area contributed by atoms with Gasteiger partial charge in [0, 0.05) is 18.7 Å². The monoisotopic (exact) mass is 394 g/mol. The molecule has 0 saturated heterocycles. The van der Waals surface area contributed by atoms with Gasteiger partial charge < -0.3 is 14.2 Å². The van der Waals surface area contributed by atoms with Crippen molar-refractivity contribution in [1.82, 2.24) is 29.9 Å². The van der Waals surface area contributed by atoms with E-state index in [1.165, 1.54) is 4.68 Å². The zero-order valence-corrected chi connectivity index (χ0v) is 15.4. The number of aromatic nitrogens is 5. The van der Waals surface area contributed by atoms with Crippen LogP contribution < -0.4 is 11.0 Å². The molecule has 0 spiro atoms. The third kappa shape index (κ3) is 3.28. The normalized spacial score (nSPS) is 13.7. The number of nitrogens with one attached hydrogen (secondary N) is 2. The third-order valence-electron chi connectivity index (χ3n) is 4.73. The summed E-state index contributed by atoms with van der Waals surface area (Å²) in [7, 11) is 0. The lowest BCUT2D eigenvalue weighted by Crippen LogP contribution is -2.32. The summed E-state index contributed by atoms with van der Waals surface area (Å²) in [6.45, 7) is 0.481. The van der Waals surface area contributed by atoms with Gasteiger partial charge in [0.15, 0.2) is 17.2 Å². The average molecular weight is 394 g/mol. The Bertz CT molecular complexity index is 1180. The lowest BCUT2D eigenvalue weighted by Gasteiger charge is -2.02. The minimum atomic E-state index is -0.347. The lowest BCUT2D eigenvalue weighted by molar-refractivity contribution is 0.0946. The molecule has 1 amide bonds. The van der Waals surface area contributed by atoms with Crippen molar-refractivity contribution in [3.8, 4) is 23.0 Å². The highest BCUT2D eigenvalue weighted by atomic mass is 16.3. The van der Waals surface area contributed by atoms with E-state index >= 15 is 0 Å². The van der Waals surface area contributed by atoms with E-state index < -0.39 is 0 Å². The van der Waals surface area contributed by atoms with Crippen molar-refractivity contribution < 1.29 is 13.6 Å². The molecule has 5 rings (SSSR count). The highest BCUT2D eigenvalue weighted by Gasteiger charge is 2.31. The van der Waals surface area contributed by atoms with Crippen LogP contribution in [0.2, 0.25) is 0 Å². The van der Waals surface area contributed by atoms with Crippen LogP contribution in [-0.2, 0) is 6.54 Å². The molecule has 4 aromatic heterocycles. The molecule has 0 atom stereocenters. The van der Waals surface area contributed by atoms with Crippen molar-refractivity contribution in [2.24, 2.45) is 0 Å². The first kappa shape index (κ1) is 17.3. The summed E-state index contributed by atoms with van der Waals surface area (Å²) < 4.78 is 13.7. The Balaban J connectivity index is 1.27. The van der Waals surface area contributed by atoms with Gasteiger partial charge in [-0.1, -0.05) is 0 Å². The number of hydrogen-bond donors (Lipinski definition) is 2. The van der Waals surface area contributed by atoms with Gasteiger partial charge >= 0.3 is 5.69 Å². The molecule has 1 fully saturated rings. The van der Waals surface area contributed by atoms with Gasteiger partial charge in [0.2, 0.25) is 5.82 Å². The number of carbonyl (C=O) groups is 1. The van der Waals surface area contributed by atoms with Crippen molar-refractivity contribution >= 4 is 5.91 Å². The number of rotatable bonds is 7. The first-order valence-corrected chi connectivity index (χ1v) is 9.31. The summed E-state index contributed by atoms with van der Waals surface area (Å²) in [5, 5.41) is 13.9. The van der Waals surface area contributed by atoms with Crippen LogP contribution in [-0.4, -0.2) is 37.0 Å². The number of furan rings is 2. The zero-order chi connectivity index (χ0) is 19.8. The molecule has 0 aliphatic heterocycles. The van der Waals surface area contributed by atoms with Gasteiger partial charge in [0.25, 0.3) is 5.91 Å². The molecule has 2 N–H and O–H groups in total. The summed E-state index contributed by atoms with van der Waals surface area (Å²) in [5.74, 6) is 1.32. The summed E-state index contributed by atoms with van der Waals surface area (Å²) in [6.07, 6.45) is 5.00. The fourth-order valence-corrected chi connectivity index (χ4v) is 3.16. The van der Waals surface area contributed by atoms with Crippen LogP contribution in [0.5, 0.6) is 0 Å². The predicted molar refractivity (Wildman–Crippen MR) is 101 cm³/mol. The minimum absolute atomic E-state index is 0.162. The molecular weight excluding hydrogens is 376 g/mol. The molecule has 4 heterocycles. The van der Waals surface area contributed by atoms with Gasteiger partial charge in [0.05, 0.1) is 19.1 Å². The molecule has 0 bridgehead atoms. The van der Waals surface area contributed by atoms with Gasteiger partial charge in [0.1, 0.15) is 5.69 Å². The standard InChI is InChI=1S/C19H18N6O4/c26-18(14-11-13(21-22-14)15-3-1-9-28-15)20-7-8-24-19(27)25(12-5-6-12)17(23-24)16-4-2-10-29-16/h1-4,9-12H,5-8H2,(H,20,26)(H,21,22). The second kappa shape index (κ2) is 6.97. The Morgan fingerprint density at radius 1 is 1.21 bits per heavy atom. The molecule has 0 aromatic carbocycles. The average Bonchev–Trinajstić information content (AvgIpc) is 3.21. The smallest absolute Gasteiger partial charge is 0.346 e. The van der Waals surface area contributed by atoms with Gasteiger partial charge in [-0.05, 0) is 37.1 Å². The van der Waals surface area contributed by atoms with Crippen LogP contribution in [0.1, 0.15) is 29.4 Å². The Morgan fingerprint density at radius 3 is 2.66 bits per heavy atom. The summed E-state index contributed by atoms with van der Waals surface area (Å²) in [4.78, 5) is 25.1. The Labute approximate surface area is 164 Å². The van der Waals surface area contributed by atoms with E-state index in [-0.39, 0.29) is 36.4 Å². The van der Waals surface area contributed by atoms with E-state index in [4.69, 9.17) is 8.83 Å². The fourth-order valence-electron chi connectivity index (χ4n) is 3.16. The molecule has 1 saturated carbocycles. The Morgan fingerprint density at radius 2 is 1.97 bits per heavy atom. The molecule has 1 aliphatic rings. The number of hydrogen-bond acceptors (Lipinski definition) is 6. The number of carbonyl (C=O) groups excluding carboxylic acids is 1. The first-order valence-electron chi connectivity index (χ1n) is 9.31. The van der Waals surface area contributed by atoms with Crippen molar-refractivity contribution in [2.75, 3.05) is 6.54 Å². The molecule has 10 heteroatoms. The van der Waals surface area contributed by atoms with Crippen LogP contribution in [0.15, 0.2) is 56.5 Å². The highest BCUT2D eigenvalue weighted by Crippen LogP contribution is 2.36. The van der Waals surface area contributed by atoms with E-state index in [1.807, 2.05) is 0 Å². The van der Waals surface area contributed by atoms with Crippen LogP contribution in [0.25, 0.3) is 23.0 Å². The number of H-pyrrole nitrogens is 1. The second-order valence-electron chi connectivity index (χ2n) is 6.81. The van der Waals surface area contributed by atoms with Gasteiger partial charge in [-0.2, -0.15) is 5.10 Å². The first-order chi connectivity index (χ1) is 14.2. The summed E-state index contributed by atoms with van der Waals surface area (Å²) >= 11 is 0. The number of aromatic amines is 1. The third-order valence-corrected chi connectivity index (χ3v) is 4.73. The summed E-state index contributed by atoms with van der Waals surface area (Å²) in [6, 6.07) is 8.84. The Hall–Kier alpha value is -3.82. The summed E-state index contributed by atoms with van der Waals surface area (Å²) in [5.41, 5.74) is 0.652. The van der Waals surface area contributed by atoms with Crippen molar-refractivity contribution in [2.45, 2.75) is 25.4 Å². The molecule has 10 nitrogen and oxygen atoms in total. The van der Waals surface area contributed by atoms with E-state index in [9.17, 15) is 9.59 Å². The lowest BCUT2D eigenvalue weighted by atomic mass is 10.3. The fraction of sp³-hybridized carbons (Fsp3) is 0.263. The molecule has 0 unspecified atom stereocenters. The van der Waals surface area contributed by atoms with Gasteiger partial charge in [-0.25, -0.2) is 9.48 Å². The van der Waals surface area contributed by atoms with E-state index in [0.717, 1.165) is 12.8 Å². The van der Waals surface area contributed by atoms with Crippen LogP contribution in [0, 0.1) is 0 Å². The topological polar surface area (TPSA) is 124 Å². The maximum absolute atomic E-state index is 12.7. The van der Waals surface area contributed by atoms with E-state index in [0.29, 0.717) is 23.0 Å². The van der Waals surface area contributed by atoms with E-state index in [2.05, 4.69) is 20.6 Å². The van der Waals surface area contributed by atoms with Crippen molar-refractivity contribution in [1.29, 1.82) is 0 Å². The minimum Gasteiger partial charge on any atom is -0.463 e. The van der Waals surface area contributed by atoms with Crippen LogP contribution >= 0.6 is 0 Å². The van der Waals surface area contributed by atoms with E-state index in [1.54, 1.807) is 47.4 Å². The van der Waals surface area contributed by atoms with Gasteiger partial charge in [-0.3, -0.25) is 14.5 Å². The van der Waals surface area contributed by atoms with Crippen molar-refractivity contribution in [3.05, 3.63) is 59.0 Å². The zero-order valence-electron chi connectivity index (χ0n) is 15.4. The predicted octanol–water partition coefficient (Wildman–Crippen LogP) is 2.05. The number of nitrogens with zero attached hydrogens (tertiary/aromatic N) is 4. The second-order valence-corrected chi connectivity index (χ2v) is 6.81. The largest absolute Gasteiger partial charge is 0.463 e. The van der Waals surface area contributed by atoms with Crippen LogP contribution in [0.4, 0.5) is 0 Å². The van der Waals surface area contributed by atoms with Crippen molar-refractivity contribution in [3.63, 3.8) is 0 Å². The molecule has 0 radical (unpaired) electrons. The highest BCUT2D eigenvalue weighted by molar-refractivity contribution is 5.93. The molecule has 1 aliphatic carbocycles.